The van der Waals surface area contributed by atoms with Crippen LogP contribution in [0, 0.1) is 12.7 Å². The van der Waals surface area contributed by atoms with Gasteiger partial charge in [0.25, 0.3) is 0 Å². The van der Waals surface area contributed by atoms with Crippen LogP contribution in [0.5, 0.6) is 5.75 Å². The molecule has 19 heavy (non-hydrogen) atoms. The fourth-order valence-corrected chi connectivity index (χ4v) is 2.55. The highest BCUT2D eigenvalue weighted by atomic mass is 35.5. The molecule has 2 aromatic carbocycles. The number of methoxy groups -OCH3 is 1. The van der Waals surface area contributed by atoms with Crippen molar-refractivity contribution in [2.24, 2.45) is 0 Å². The summed E-state index contributed by atoms with van der Waals surface area (Å²) in [6.07, 6.45) is 0. The first-order chi connectivity index (χ1) is 9.02. The van der Waals surface area contributed by atoms with Crippen LogP contribution in [0.25, 0.3) is 0 Å². The fourth-order valence-electron chi connectivity index (χ4n) is 1.85. The van der Waals surface area contributed by atoms with E-state index in [2.05, 4.69) is 0 Å². The maximum Gasteiger partial charge on any atom is 0.128 e. The third kappa shape index (κ3) is 3.02. The lowest BCUT2D eigenvalue weighted by Gasteiger charge is -2.14. The van der Waals surface area contributed by atoms with E-state index >= 15 is 0 Å². The van der Waals surface area contributed by atoms with Gasteiger partial charge in [-0.05, 0) is 36.2 Å². The molecule has 0 radical (unpaired) electrons. The van der Waals surface area contributed by atoms with E-state index in [9.17, 15) is 4.39 Å². The lowest BCUT2D eigenvalue weighted by Crippen LogP contribution is -1.99. The third-order valence-corrected chi connectivity index (χ3v) is 3.71. The summed E-state index contributed by atoms with van der Waals surface area (Å²) in [7, 11) is 1.56. The molecular formula is C15H13Cl2FO. The first kappa shape index (κ1) is 14.2. The Balaban J connectivity index is 2.41. The van der Waals surface area contributed by atoms with Crippen LogP contribution in [-0.4, -0.2) is 7.11 Å². The highest BCUT2D eigenvalue weighted by Crippen LogP contribution is 2.36. The molecule has 1 atom stereocenters. The smallest absolute Gasteiger partial charge is 0.128 e. The Bertz CT molecular complexity index is 599. The molecule has 100 valence electrons. The van der Waals surface area contributed by atoms with Gasteiger partial charge in [0.2, 0.25) is 0 Å². The lowest BCUT2D eigenvalue weighted by molar-refractivity contribution is 0.414. The minimum absolute atomic E-state index is 0.327. The van der Waals surface area contributed by atoms with Crippen LogP contribution in [0.2, 0.25) is 5.02 Å². The molecule has 4 heteroatoms. The van der Waals surface area contributed by atoms with E-state index in [1.807, 2.05) is 13.0 Å². The monoisotopic (exact) mass is 298 g/mol. The Labute approximate surface area is 121 Å². The van der Waals surface area contributed by atoms with Gasteiger partial charge in [0, 0.05) is 10.6 Å². The zero-order valence-electron chi connectivity index (χ0n) is 10.6. The van der Waals surface area contributed by atoms with E-state index in [0.29, 0.717) is 21.9 Å². The van der Waals surface area contributed by atoms with Gasteiger partial charge in [0.15, 0.2) is 0 Å². The Morgan fingerprint density at radius 2 is 1.79 bits per heavy atom. The van der Waals surface area contributed by atoms with Crippen molar-refractivity contribution in [1.82, 2.24) is 0 Å². The normalized spacial score (nSPS) is 12.3. The van der Waals surface area contributed by atoms with Crippen LogP contribution in [-0.2, 0) is 0 Å². The Morgan fingerprint density at radius 3 is 2.37 bits per heavy atom. The molecule has 1 unspecified atom stereocenters. The number of benzene rings is 2. The average Bonchev–Trinajstić information content (AvgIpc) is 2.37. The summed E-state index contributed by atoms with van der Waals surface area (Å²) in [5.41, 5.74) is 1.93. The second kappa shape index (κ2) is 5.81. The van der Waals surface area contributed by atoms with Gasteiger partial charge in [-0.3, -0.25) is 0 Å². The van der Waals surface area contributed by atoms with Gasteiger partial charge in [0.1, 0.15) is 11.6 Å². The summed E-state index contributed by atoms with van der Waals surface area (Å²) in [5, 5.41) is -0.168. The maximum atomic E-state index is 13.9. The largest absolute Gasteiger partial charge is 0.497 e. The van der Waals surface area contributed by atoms with Crippen molar-refractivity contribution in [3.8, 4) is 5.75 Å². The SMILES string of the molecule is COc1ccc(C(Cl)c2ccc(C)cc2F)c(Cl)c1. The number of alkyl halides is 1. The molecule has 0 amide bonds. The third-order valence-electron chi connectivity index (χ3n) is 2.91. The average molecular weight is 299 g/mol. The number of aryl methyl sites for hydroxylation is 1. The van der Waals surface area contributed by atoms with Gasteiger partial charge < -0.3 is 4.74 Å². The minimum Gasteiger partial charge on any atom is -0.497 e. The predicted molar refractivity (Wildman–Crippen MR) is 76.8 cm³/mol. The summed E-state index contributed by atoms with van der Waals surface area (Å²) >= 11 is 12.5. The van der Waals surface area contributed by atoms with Crippen molar-refractivity contribution >= 4 is 23.2 Å². The number of hydrogen-bond acceptors (Lipinski definition) is 1. The summed E-state index contributed by atoms with van der Waals surface area (Å²) in [4.78, 5) is 0. The highest BCUT2D eigenvalue weighted by molar-refractivity contribution is 6.33. The molecule has 0 bridgehead atoms. The maximum absolute atomic E-state index is 13.9. The van der Waals surface area contributed by atoms with Crippen LogP contribution in [0.1, 0.15) is 22.1 Å². The number of hydrogen-bond donors (Lipinski definition) is 0. The van der Waals surface area contributed by atoms with Gasteiger partial charge in [-0.2, -0.15) is 0 Å². The molecule has 0 aliphatic carbocycles. The van der Waals surface area contributed by atoms with Gasteiger partial charge in [-0.1, -0.05) is 29.8 Å². The van der Waals surface area contributed by atoms with Crippen molar-refractivity contribution < 1.29 is 9.13 Å². The van der Waals surface area contributed by atoms with Crippen LogP contribution in [0.4, 0.5) is 4.39 Å². The number of rotatable bonds is 3. The van der Waals surface area contributed by atoms with Crippen LogP contribution in [0.3, 0.4) is 0 Å². The van der Waals surface area contributed by atoms with E-state index in [1.54, 1.807) is 31.4 Å². The second-order valence-electron chi connectivity index (χ2n) is 4.27. The van der Waals surface area contributed by atoms with Gasteiger partial charge in [-0.15, -0.1) is 11.6 Å². The quantitative estimate of drug-likeness (QED) is 0.714. The fraction of sp³-hybridized carbons (Fsp3) is 0.200. The van der Waals surface area contributed by atoms with Crippen molar-refractivity contribution in [1.29, 1.82) is 0 Å². The van der Waals surface area contributed by atoms with Crippen molar-refractivity contribution in [3.05, 3.63) is 63.9 Å². The van der Waals surface area contributed by atoms with Crippen molar-refractivity contribution in [3.63, 3.8) is 0 Å². The Kier molecular flexibility index (Phi) is 4.33. The predicted octanol–water partition coefficient (Wildman–Crippen LogP) is 5.12. The Morgan fingerprint density at radius 1 is 1.11 bits per heavy atom. The topological polar surface area (TPSA) is 9.23 Å². The van der Waals surface area contributed by atoms with Crippen molar-refractivity contribution in [2.75, 3.05) is 7.11 Å². The first-order valence-electron chi connectivity index (χ1n) is 5.76. The van der Waals surface area contributed by atoms with Gasteiger partial charge in [-0.25, -0.2) is 4.39 Å². The number of ether oxygens (including phenoxy) is 1. The van der Waals surface area contributed by atoms with Gasteiger partial charge >= 0.3 is 0 Å². The molecule has 0 aliphatic heterocycles. The second-order valence-corrected chi connectivity index (χ2v) is 5.12. The van der Waals surface area contributed by atoms with E-state index in [1.165, 1.54) is 6.07 Å². The van der Waals surface area contributed by atoms with E-state index < -0.39 is 5.38 Å². The molecular weight excluding hydrogens is 286 g/mol. The van der Waals surface area contributed by atoms with Gasteiger partial charge in [0.05, 0.1) is 12.5 Å². The summed E-state index contributed by atoms with van der Waals surface area (Å²) < 4.78 is 19.0. The van der Waals surface area contributed by atoms with E-state index in [-0.39, 0.29) is 5.82 Å². The number of halogens is 3. The lowest BCUT2D eigenvalue weighted by atomic mass is 10.0. The molecule has 0 spiro atoms. The molecule has 1 nitrogen and oxygen atoms in total. The zero-order valence-corrected chi connectivity index (χ0v) is 12.1. The van der Waals surface area contributed by atoms with Crippen LogP contribution >= 0.6 is 23.2 Å². The van der Waals surface area contributed by atoms with Crippen LogP contribution < -0.4 is 4.74 Å². The molecule has 0 aliphatic rings. The van der Waals surface area contributed by atoms with E-state index in [4.69, 9.17) is 27.9 Å². The van der Waals surface area contributed by atoms with E-state index in [0.717, 1.165) is 5.56 Å². The molecule has 0 aromatic heterocycles. The minimum atomic E-state index is -0.626. The summed E-state index contributed by atoms with van der Waals surface area (Å²) in [5.74, 6) is 0.314. The molecule has 2 aromatic rings. The molecule has 0 N–H and O–H groups in total. The summed E-state index contributed by atoms with van der Waals surface area (Å²) in [6, 6.07) is 10.1. The Hall–Kier alpha value is -1.25. The highest BCUT2D eigenvalue weighted by Gasteiger charge is 2.18. The zero-order chi connectivity index (χ0) is 14.0. The molecule has 0 saturated heterocycles. The standard InChI is InChI=1S/C15H13Cl2FO/c1-9-3-5-12(14(18)7-9)15(17)11-6-4-10(19-2)8-13(11)16/h3-8,15H,1-2H3. The molecule has 0 fully saturated rings. The van der Waals surface area contributed by atoms with Crippen molar-refractivity contribution in [2.45, 2.75) is 12.3 Å². The summed E-state index contributed by atoms with van der Waals surface area (Å²) in [6.45, 7) is 1.83. The molecule has 0 saturated carbocycles. The first-order valence-corrected chi connectivity index (χ1v) is 6.58. The molecule has 2 rings (SSSR count). The van der Waals surface area contributed by atoms with Crippen LogP contribution in [0.15, 0.2) is 36.4 Å². The molecule has 0 heterocycles.